The second-order valence-electron chi connectivity index (χ2n) is 5.97. The summed E-state index contributed by atoms with van der Waals surface area (Å²) in [5.41, 5.74) is 2.17. The van der Waals surface area contributed by atoms with Gasteiger partial charge in [-0.05, 0) is 30.2 Å². The zero-order valence-electron chi connectivity index (χ0n) is 12.8. The lowest BCUT2D eigenvalue weighted by Crippen LogP contribution is -2.33. The van der Waals surface area contributed by atoms with Crippen LogP contribution in [0.2, 0.25) is 0 Å². The molecule has 21 heavy (non-hydrogen) atoms. The number of hydrogen-bond donors (Lipinski definition) is 2. The standard InChI is InChI=1S/C16H22N2O3/c1-16(2)10-14(19)18-13-6-5-11(9-12(13)16)15(20)17-7-4-8-21-3/h5-6,9H,4,7-8,10H2,1-3H3,(H,17,20)(H,18,19). The molecule has 5 heteroatoms. The second-order valence-corrected chi connectivity index (χ2v) is 5.97. The number of rotatable bonds is 5. The molecule has 2 rings (SSSR count). The molecule has 0 aromatic heterocycles. The van der Waals surface area contributed by atoms with Crippen molar-refractivity contribution < 1.29 is 14.3 Å². The maximum atomic E-state index is 12.1. The third-order valence-corrected chi connectivity index (χ3v) is 3.70. The van der Waals surface area contributed by atoms with Gasteiger partial charge in [-0.15, -0.1) is 0 Å². The maximum Gasteiger partial charge on any atom is 0.251 e. The van der Waals surface area contributed by atoms with Gasteiger partial charge < -0.3 is 15.4 Å². The van der Waals surface area contributed by atoms with Crippen molar-refractivity contribution in [3.8, 4) is 0 Å². The Labute approximate surface area is 125 Å². The Balaban J connectivity index is 2.13. The Morgan fingerprint density at radius 2 is 2.19 bits per heavy atom. The Morgan fingerprint density at radius 3 is 2.90 bits per heavy atom. The average molecular weight is 290 g/mol. The van der Waals surface area contributed by atoms with E-state index in [4.69, 9.17) is 4.74 Å². The summed E-state index contributed by atoms with van der Waals surface area (Å²) >= 11 is 0. The van der Waals surface area contributed by atoms with Crippen molar-refractivity contribution in [3.63, 3.8) is 0 Å². The minimum Gasteiger partial charge on any atom is -0.385 e. The second kappa shape index (κ2) is 6.26. The summed E-state index contributed by atoms with van der Waals surface area (Å²) in [6.45, 7) is 5.25. The first-order valence-electron chi connectivity index (χ1n) is 7.15. The van der Waals surface area contributed by atoms with Gasteiger partial charge >= 0.3 is 0 Å². The monoisotopic (exact) mass is 290 g/mol. The Hall–Kier alpha value is -1.88. The SMILES string of the molecule is COCCCNC(=O)c1ccc2c(c1)C(C)(C)CC(=O)N2. The van der Waals surface area contributed by atoms with Crippen LogP contribution in [0.3, 0.4) is 0 Å². The Bertz CT molecular complexity index is 552. The number of methoxy groups -OCH3 is 1. The minimum absolute atomic E-state index is 0.0178. The number of carbonyl (C=O) groups is 2. The van der Waals surface area contributed by atoms with Crippen molar-refractivity contribution in [1.82, 2.24) is 5.32 Å². The van der Waals surface area contributed by atoms with E-state index >= 15 is 0 Å². The molecule has 2 amide bonds. The predicted octanol–water partition coefficient (Wildman–Crippen LogP) is 2.07. The van der Waals surface area contributed by atoms with E-state index in [-0.39, 0.29) is 17.2 Å². The summed E-state index contributed by atoms with van der Waals surface area (Å²) in [6.07, 6.45) is 1.22. The van der Waals surface area contributed by atoms with Gasteiger partial charge in [-0.25, -0.2) is 0 Å². The quantitative estimate of drug-likeness (QED) is 0.816. The fourth-order valence-corrected chi connectivity index (χ4v) is 2.57. The van der Waals surface area contributed by atoms with Gasteiger partial charge in [-0.3, -0.25) is 9.59 Å². The molecule has 1 aromatic carbocycles. The average Bonchev–Trinajstić information content (AvgIpc) is 2.42. The zero-order valence-corrected chi connectivity index (χ0v) is 12.8. The van der Waals surface area contributed by atoms with E-state index in [2.05, 4.69) is 10.6 Å². The molecule has 114 valence electrons. The highest BCUT2D eigenvalue weighted by Gasteiger charge is 2.32. The van der Waals surface area contributed by atoms with Gasteiger partial charge in [0, 0.05) is 43.3 Å². The molecule has 0 radical (unpaired) electrons. The number of fused-ring (bicyclic) bond motifs is 1. The molecule has 0 saturated carbocycles. The highest BCUT2D eigenvalue weighted by molar-refractivity contribution is 5.98. The summed E-state index contributed by atoms with van der Waals surface area (Å²) in [4.78, 5) is 23.8. The normalized spacial score (nSPS) is 16.0. The van der Waals surface area contributed by atoms with E-state index in [1.807, 2.05) is 19.9 Å². The van der Waals surface area contributed by atoms with Crippen LogP contribution in [0.15, 0.2) is 18.2 Å². The van der Waals surface area contributed by atoms with Gasteiger partial charge in [0.15, 0.2) is 0 Å². The number of ether oxygens (including phenoxy) is 1. The first-order valence-corrected chi connectivity index (χ1v) is 7.15. The van der Waals surface area contributed by atoms with Crippen LogP contribution < -0.4 is 10.6 Å². The third kappa shape index (κ3) is 3.61. The highest BCUT2D eigenvalue weighted by Crippen LogP contribution is 2.37. The number of amides is 2. The molecule has 2 N–H and O–H groups in total. The molecule has 5 nitrogen and oxygen atoms in total. The van der Waals surface area contributed by atoms with Crippen molar-refractivity contribution in [2.24, 2.45) is 0 Å². The van der Waals surface area contributed by atoms with Gasteiger partial charge in [-0.1, -0.05) is 13.8 Å². The van der Waals surface area contributed by atoms with Crippen LogP contribution in [0.1, 0.15) is 42.6 Å². The van der Waals surface area contributed by atoms with E-state index in [1.54, 1.807) is 19.2 Å². The maximum absolute atomic E-state index is 12.1. The summed E-state index contributed by atoms with van der Waals surface area (Å²) < 4.78 is 4.95. The first-order chi connectivity index (χ1) is 9.94. The van der Waals surface area contributed by atoms with Crippen molar-refractivity contribution in [3.05, 3.63) is 29.3 Å². The first kappa shape index (κ1) is 15.5. The number of anilines is 1. The van der Waals surface area contributed by atoms with Crippen molar-refractivity contribution >= 4 is 17.5 Å². The van der Waals surface area contributed by atoms with Crippen LogP contribution in [-0.4, -0.2) is 32.1 Å². The van der Waals surface area contributed by atoms with Crippen LogP contribution in [0.4, 0.5) is 5.69 Å². The molecule has 0 aliphatic carbocycles. The summed E-state index contributed by atoms with van der Waals surface area (Å²) in [6, 6.07) is 5.42. The topological polar surface area (TPSA) is 67.4 Å². The van der Waals surface area contributed by atoms with Crippen LogP contribution in [-0.2, 0) is 14.9 Å². The van der Waals surface area contributed by atoms with Crippen molar-refractivity contribution in [2.45, 2.75) is 32.1 Å². The van der Waals surface area contributed by atoms with Gasteiger partial charge in [0.25, 0.3) is 5.91 Å². The third-order valence-electron chi connectivity index (χ3n) is 3.70. The highest BCUT2D eigenvalue weighted by atomic mass is 16.5. The Kier molecular flexibility index (Phi) is 4.63. The van der Waals surface area contributed by atoms with Crippen molar-refractivity contribution in [2.75, 3.05) is 25.6 Å². The summed E-state index contributed by atoms with van der Waals surface area (Å²) in [5, 5.41) is 5.72. The molecule has 0 spiro atoms. The molecule has 1 aliphatic rings. The van der Waals surface area contributed by atoms with Gasteiger partial charge in [-0.2, -0.15) is 0 Å². The van der Waals surface area contributed by atoms with Crippen LogP contribution in [0.25, 0.3) is 0 Å². The van der Waals surface area contributed by atoms with E-state index < -0.39 is 0 Å². The molecular weight excluding hydrogens is 268 g/mol. The minimum atomic E-state index is -0.260. The lowest BCUT2D eigenvalue weighted by Gasteiger charge is -2.32. The number of hydrogen-bond acceptors (Lipinski definition) is 3. The molecule has 0 unspecified atom stereocenters. The molecule has 0 atom stereocenters. The summed E-state index contributed by atoms with van der Waals surface area (Å²) in [5.74, 6) is -0.0779. The van der Waals surface area contributed by atoms with Crippen molar-refractivity contribution in [1.29, 1.82) is 0 Å². The zero-order chi connectivity index (χ0) is 15.5. The Morgan fingerprint density at radius 1 is 1.43 bits per heavy atom. The van der Waals surface area contributed by atoms with E-state index in [0.29, 0.717) is 25.1 Å². The molecule has 1 heterocycles. The largest absolute Gasteiger partial charge is 0.385 e. The van der Waals surface area contributed by atoms with Gasteiger partial charge in [0.2, 0.25) is 5.91 Å². The van der Waals surface area contributed by atoms with Crippen LogP contribution in [0.5, 0.6) is 0 Å². The molecular formula is C16H22N2O3. The summed E-state index contributed by atoms with van der Waals surface area (Å²) in [7, 11) is 1.64. The van der Waals surface area contributed by atoms with Gasteiger partial charge in [0.05, 0.1) is 0 Å². The number of carbonyl (C=O) groups excluding carboxylic acids is 2. The molecule has 0 saturated heterocycles. The number of benzene rings is 1. The lowest BCUT2D eigenvalue weighted by molar-refractivity contribution is -0.117. The smallest absolute Gasteiger partial charge is 0.251 e. The predicted molar refractivity (Wildman–Crippen MR) is 81.5 cm³/mol. The fraction of sp³-hybridized carbons (Fsp3) is 0.500. The molecule has 0 bridgehead atoms. The van der Waals surface area contributed by atoms with E-state index in [0.717, 1.165) is 17.7 Å². The van der Waals surface area contributed by atoms with Crippen LogP contribution in [0, 0.1) is 0 Å². The van der Waals surface area contributed by atoms with Gasteiger partial charge in [0.1, 0.15) is 0 Å². The fourth-order valence-electron chi connectivity index (χ4n) is 2.57. The van der Waals surface area contributed by atoms with E-state index in [9.17, 15) is 9.59 Å². The van der Waals surface area contributed by atoms with E-state index in [1.165, 1.54) is 0 Å². The molecule has 1 aromatic rings. The molecule has 0 fully saturated rings. The lowest BCUT2D eigenvalue weighted by atomic mass is 9.77. The van der Waals surface area contributed by atoms with Crippen LogP contribution >= 0.6 is 0 Å². The molecule has 1 aliphatic heterocycles. The number of nitrogens with one attached hydrogen (secondary N) is 2.